The van der Waals surface area contributed by atoms with Crippen LogP contribution in [0, 0.1) is 5.82 Å². The van der Waals surface area contributed by atoms with Gasteiger partial charge in [-0.25, -0.2) is 9.18 Å². The van der Waals surface area contributed by atoms with Crippen LogP contribution in [-0.2, 0) is 16.1 Å². The van der Waals surface area contributed by atoms with E-state index in [0.29, 0.717) is 24.8 Å². The van der Waals surface area contributed by atoms with Crippen LogP contribution >= 0.6 is 0 Å². The molecule has 0 aromatic heterocycles. The summed E-state index contributed by atoms with van der Waals surface area (Å²) in [6.45, 7) is 2.09. The minimum atomic E-state index is -1.05. The van der Waals surface area contributed by atoms with Crippen LogP contribution < -0.4 is 0 Å². The fourth-order valence-corrected chi connectivity index (χ4v) is 2.32. The Balaban J connectivity index is 2.08. The van der Waals surface area contributed by atoms with Crippen LogP contribution in [0.5, 0.6) is 0 Å². The van der Waals surface area contributed by atoms with E-state index in [9.17, 15) is 9.18 Å². The highest BCUT2D eigenvalue weighted by atomic mass is 19.1. The van der Waals surface area contributed by atoms with Crippen molar-refractivity contribution in [3.05, 3.63) is 41.2 Å². The number of carboxylic acids is 1. The zero-order valence-electron chi connectivity index (χ0n) is 11.4. The number of hydrogen-bond acceptors (Lipinski definition) is 3. The molecule has 1 N–H and O–H groups in total. The molecule has 0 bridgehead atoms. The first-order valence-corrected chi connectivity index (χ1v) is 6.53. The number of nitrogens with zero attached hydrogens (tertiary/aromatic N) is 1. The van der Waals surface area contributed by atoms with E-state index < -0.39 is 5.97 Å². The molecule has 1 fully saturated rings. The molecule has 1 aliphatic heterocycles. The number of rotatable bonds is 5. The Bertz CT molecular complexity index is 510. The molecule has 20 heavy (non-hydrogen) atoms. The average Bonchev–Trinajstić information content (AvgIpc) is 2.89. The molecule has 1 unspecified atom stereocenters. The molecule has 108 valence electrons. The van der Waals surface area contributed by atoms with Gasteiger partial charge in [-0.15, -0.1) is 0 Å². The van der Waals surface area contributed by atoms with Gasteiger partial charge in [0, 0.05) is 25.3 Å². The average molecular weight is 279 g/mol. The quantitative estimate of drug-likeness (QED) is 0.839. The van der Waals surface area contributed by atoms with Crippen molar-refractivity contribution in [2.24, 2.45) is 0 Å². The first kappa shape index (κ1) is 14.7. The van der Waals surface area contributed by atoms with Crippen LogP contribution in [0.4, 0.5) is 4.39 Å². The van der Waals surface area contributed by atoms with E-state index in [1.54, 1.807) is 6.07 Å². The Labute approximate surface area is 117 Å². The van der Waals surface area contributed by atoms with Crippen LogP contribution in [0.15, 0.2) is 24.3 Å². The van der Waals surface area contributed by atoms with E-state index in [1.807, 2.05) is 7.05 Å². The van der Waals surface area contributed by atoms with Crippen molar-refractivity contribution >= 4 is 12.0 Å². The van der Waals surface area contributed by atoms with E-state index in [-0.39, 0.29) is 5.82 Å². The van der Waals surface area contributed by atoms with E-state index in [0.717, 1.165) is 24.7 Å². The smallest absolute Gasteiger partial charge is 0.328 e. The molecular formula is C15H18FNO3. The van der Waals surface area contributed by atoms with Gasteiger partial charge < -0.3 is 9.84 Å². The molecule has 1 saturated heterocycles. The zero-order chi connectivity index (χ0) is 14.5. The number of carboxylic acid groups (broad SMARTS) is 1. The highest BCUT2D eigenvalue weighted by Crippen LogP contribution is 2.17. The van der Waals surface area contributed by atoms with Crippen molar-refractivity contribution in [2.75, 3.05) is 20.3 Å². The minimum Gasteiger partial charge on any atom is -0.478 e. The largest absolute Gasteiger partial charge is 0.478 e. The molecule has 0 spiro atoms. The van der Waals surface area contributed by atoms with Crippen molar-refractivity contribution in [3.8, 4) is 0 Å². The van der Waals surface area contributed by atoms with E-state index in [4.69, 9.17) is 9.84 Å². The molecule has 1 heterocycles. The Morgan fingerprint density at radius 2 is 2.35 bits per heavy atom. The summed E-state index contributed by atoms with van der Waals surface area (Å²) in [7, 11) is 1.98. The molecule has 5 heteroatoms. The number of aliphatic carboxylic acids is 1. The molecular weight excluding hydrogens is 261 g/mol. The molecule has 1 aromatic rings. The van der Waals surface area contributed by atoms with Gasteiger partial charge in [0.15, 0.2) is 0 Å². The Morgan fingerprint density at radius 1 is 1.55 bits per heavy atom. The fraction of sp³-hybridized carbons (Fsp3) is 0.400. The van der Waals surface area contributed by atoms with Gasteiger partial charge in [-0.1, -0.05) is 6.07 Å². The zero-order valence-corrected chi connectivity index (χ0v) is 11.4. The summed E-state index contributed by atoms with van der Waals surface area (Å²) in [5.41, 5.74) is 1.38. The molecule has 0 amide bonds. The molecule has 0 aliphatic carbocycles. The summed E-state index contributed by atoms with van der Waals surface area (Å²) >= 11 is 0. The maximum atomic E-state index is 13.6. The topological polar surface area (TPSA) is 49.8 Å². The molecule has 1 aliphatic rings. The van der Waals surface area contributed by atoms with E-state index >= 15 is 0 Å². The number of likely N-dealkylation sites (N-methyl/N-ethyl adjacent to an activating group) is 1. The number of halogens is 1. The monoisotopic (exact) mass is 279 g/mol. The second-order valence-corrected chi connectivity index (χ2v) is 5.00. The number of carbonyl (C=O) groups is 1. The van der Waals surface area contributed by atoms with E-state index in [2.05, 4.69) is 4.90 Å². The maximum Gasteiger partial charge on any atom is 0.328 e. The van der Waals surface area contributed by atoms with Crippen LogP contribution in [0.3, 0.4) is 0 Å². The third-order valence-electron chi connectivity index (χ3n) is 3.36. The third kappa shape index (κ3) is 4.15. The SMILES string of the molecule is CN(Cc1cc(F)cc(/C=C/C(=O)O)c1)C1CCOC1. The predicted molar refractivity (Wildman–Crippen MR) is 73.8 cm³/mol. The summed E-state index contributed by atoms with van der Waals surface area (Å²) in [6.07, 6.45) is 3.39. The first-order chi connectivity index (χ1) is 9.54. The van der Waals surface area contributed by atoms with Crippen LogP contribution in [-0.4, -0.2) is 42.3 Å². The highest BCUT2D eigenvalue weighted by molar-refractivity contribution is 5.85. The molecule has 0 saturated carbocycles. The van der Waals surface area contributed by atoms with Gasteiger partial charge in [0.05, 0.1) is 6.61 Å². The fourth-order valence-electron chi connectivity index (χ4n) is 2.32. The van der Waals surface area contributed by atoms with Gasteiger partial charge >= 0.3 is 5.97 Å². The predicted octanol–water partition coefficient (Wildman–Crippen LogP) is 2.14. The van der Waals surface area contributed by atoms with Gasteiger partial charge in [-0.05, 0) is 42.8 Å². The Morgan fingerprint density at radius 3 is 3.00 bits per heavy atom. The van der Waals surface area contributed by atoms with Crippen molar-refractivity contribution in [1.29, 1.82) is 0 Å². The summed E-state index contributed by atoms with van der Waals surface area (Å²) < 4.78 is 18.9. The van der Waals surface area contributed by atoms with Crippen molar-refractivity contribution < 1.29 is 19.0 Å². The van der Waals surface area contributed by atoms with Gasteiger partial charge in [0.1, 0.15) is 5.82 Å². The minimum absolute atomic E-state index is 0.358. The second kappa shape index (κ2) is 6.63. The lowest BCUT2D eigenvalue weighted by molar-refractivity contribution is -0.131. The Hall–Kier alpha value is -1.72. The summed E-state index contributed by atoms with van der Waals surface area (Å²) in [6, 6.07) is 4.96. The number of ether oxygens (including phenoxy) is 1. The molecule has 4 nitrogen and oxygen atoms in total. The van der Waals surface area contributed by atoms with Crippen LogP contribution in [0.2, 0.25) is 0 Å². The van der Waals surface area contributed by atoms with Gasteiger partial charge in [0.2, 0.25) is 0 Å². The summed E-state index contributed by atoms with van der Waals surface area (Å²) in [5.74, 6) is -1.40. The lowest BCUT2D eigenvalue weighted by Crippen LogP contribution is -2.31. The maximum absolute atomic E-state index is 13.6. The van der Waals surface area contributed by atoms with Crippen molar-refractivity contribution in [3.63, 3.8) is 0 Å². The van der Waals surface area contributed by atoms with Crippen LogP contribution in [0.25, 0.3) is 6.08 Å². The van der Waals surface area contributed by atoms with Crippen molar-refractivity contribution in [1.82, 2.24) is 4.90 Å². The van der Waals surface area contributed by atoms with Gasteiger partial charge in [-0.2, -0.15) is 0 Å². The normalized spacial score (nSPS) is 19.1. The highest BCUT2D eigenvalue weighted by Gasteiger charge is 2.20. The summed E-state index contributed by atoms with van der Waals surface area (Å²) in [4.78, 5) is 12.6. The summed E-state index contributed by atoms with van der Waals surface area (Å²) in [5, 5.41) is 8.60. The lowest BCUT2D eigenvalue weighted by atomic mass is 10.1. The molecule has 1 aromatic carbocycles. The van der Waals surface area contributed by atoms with Gasteiger partial charge in [-0.3, -0.25) is 4.90 Å². The standard InChI is InChI=1S/C15H18FNO3/c1-17(14-4-5-20-10-14)9-12-6-11(2-3-15(18)19)7-13(16)8-12/h2-3,6-8,14H,4-5,9-10H2,1H3,(H,18,19)/b3-2+. The van der Waals surface area contributed by atoms with Gasteiger partial charge in [0.25, 0.3) is 0 Å². The van der Waals surface area contributed by atoms with Crippen molar-refractivity contribution in [2.45, 2.75) is 19.0 Å². The van der Waals surface area contributed by atoms with Crippen LogP contribution in [0.1, 0.15) is 17.5 Å². The first-order valence-electron chi connectivity index (χ1n) is 6.53. The molecule has 2 rings (SSSR count). The second-order valence-electron chi connectivity index (χ2n) is 5.00. The molecule has 0 radical (unpaired) electrons. The van der Waals surface area contributed by atoms with E-state index in [1.165, 1.54) is 18.2 Å². The number of hydrogen-bond donors (Lipinski definition) is 1. The third-order valence-corrected chi connectivity index (χ3v) is 3.36. The Kier molecular flexibility index (Phi) is 4.87. The number of benzene rings is 1. The molecule has 1 atom stereocenters. The lowest BCUT2D eigenvalue weighted by Gasteiger charge is -2.23.